The van der Waals surface area contributed by atoms with Crippen LogP contribution in [-0.4, -0.2) is 30.1 Å². The van der Waals surface area contributed by atoms with Crippen molar-refractivity contribution in [2.24, 2.45) is 11.1 Å². The molecule has 0 spiro atoms. The molecule has 1 aromatic rings. The first-order chi connectivity index (χ1) is 18.3. The Morgan fingerprint density at radius 3 is 2.28 bits per heavy atom. The maximum Gasteiger partial charge on any atom is 0.404 e. The Labute approximate surface area is 237 Å². The molecule has 0 aliphatic carbocycles. The summed E-state index contributed by atoms with van der Waals surface area (Å²) < 4.78 is 5.06. The number of hydrogen-bond acceptors (Lipinski definition) is 4. The average molecular weight is 556 g/mol. The first kappa shape index (κ1) is 33.4. The van der Waals surface area contributed by atoms with Gasteiger partial charge in [0.25, 0.3) is 0 Å². The summed E-state index contributed by atoms with van der Waals surface area (Å²) in [6.45, 7) is 11.5. The molecule has 3 atom stereocenters. The largest absolute Gasteiger partial charge is 0.446 e. The number of allylic oxidation sites excluding steroid dienone is 6. The van der Waals surface area contributed by atoms with Gasteiger partial charge in [0, 0.05) is 23.9 Å². The monoisotopic (exact) mass is 555 g/mol. The minimum Gasteiger partial charge on any atom is -0.446 e. The average Bonchev–Trinajstić information content (AvgIpc) is 2.85. The molecule has 0 saturated heterocycles. The lowest BCUT2D eigenvalue weighted by Gasteiger charge is -2.29. The zero-order valence-electron chi connectivity index (χ0n) is 23.7. The SMILES string of the molecule is C/C(Cl)=C\C[C@@H](C/C=C\NC(=O)[C@@H](NC(=O)\C=C/C=C\C(C)=C\[C@H](C)c1ccccc1)C(C)(C)C)OC(N)=O. The number of hydrogen-bond donors (Lipinski definition) is 3. The van der Waals surface area contributed by atoms with Crippen LogP contribution >= 0.6 is 11.6 Å². The van der Waals surface area contributed by atoms with Gasteiger partial charge in [-0.15, -0.1) is 0 Å². The molecule has 39 heavy (non-hydrogen) atoms. The van der Waals surface area contributed by atoms with Crippen molar-refractivity contribution in [1.29, 1.82) is 0 Å². The van der Waals surface area contributed by atoms with Gasteiger partial charge in [-0.25, -0.2) is 4.79 Å². The molecular formula is C31H42ClN3O4. The Bertz CT molecular complexity index is 1090. The number of carbonyl (C=O) groups excluding carboxylic acids is 3. The highest BCUT2D eigenvalue weighted by atomic mass is 35.5. The van der Waals surface area contributed by atoms with E-state index in [1.54, 1.807) is 31.2 Å². The van der Waals surface area contributed by atoms with E-state index in [9.17, 15) is 14.4 Å². The molecule has 4 N–H and O–H groups in total. The molecule has 0 unspecified atom stereocenters. The van der Waals surface area contributed by atoms with Gasteiger partial charge < -0.3 is 21.1 Å². The Morgan fingerprint density at radius 1 is 1.05 bits per heavy atom. The number of primary amides is 1. The van der Waals surface area contributed by atoms with Gasteiger partial charge in [0.2, 0.25) is 11.8 Å². The van der Waals surface area contributed by atoms with E-state index in [1.165, 1.54) is 17.8 Å². The first-order valence-corrected chi connectivity index (χ1v) is 13.3. The summed E-state index contributed by atoms with van der Waals surface area (Å²) >= 11 is 5.84. The molecule has 0 radical (unpaired) electrons. The maximum absolute atomic E-state index is 12.8. The highest BCUT2D eigenvalue weighted by Crippen LogP contribution is 2.20. The normalized spacial score (nSPS) is 15.4. The van der Waals surface area contributed by atoms with E-state index < -0.39 is 23.7 Å². The molecule has 212 valence electrons. The van der Waals surface area contributed by atoms with Crippen LogP contribution in [0, 0.1) is 5.41 Å². The molecule has 3 amide bonds. The molecule has 0 bridgehead atoms. The molecule has 8 heteroatoms. The van der Waals surface area contributed by atoms with Crippen LogP contribution < -0.4 is 16.4 Å². The third-order valence-electron chi connectivity index (χ3n) is 5.66. The van der Waals surface area contributed by atoms with E-state index >= 15 is 0 Å². The van der Waals surface area contributed by atoms with Crippen molar-refractivity contribution < 1.29 is 19.1 Å². The summed E-state index contributed by atoms with van der Waals surface area (Å²) in [5.41, 5.74) is 6.90. The van der Waals surface area contributed by atoms with Gasteiger partial charge in [-0.3, -0.25) is 9.59 Å². The van der Waals surface area contributed by atoms with Crippen LogP contribution in [0.25, 0.3) is 0 Å². The Balaban J connectivity index is 2.70. The lowest BCUT2D eigenvalue weighted by molar-refractivity contribution is -0.129. The van der Waals surface area contributed by atoms with Crippen molar-refractivity contribution in [3.8, 4) is 0 Å². The molecule has 0 heterocycles. The number of ether oxygens (including phenoxy) is 1. The number of nitrogens with one attached hydrogen (secondary N) is 2. The predicted molar refractivity (Wildman–Crippen MR) is 159 cm³/mol. The number of amides is 3. The third kappa shape index (κ3) is 14.8. The van der Waals surface area contributed by atoms with Gasteiger partial charge in [-0.1, -0.05) is 112 Å². The topological polar surface area (TPSA) is 111 Å². The zero-order valence-corrected chi connectivity index (χ0v) is 24.5. The molecule has 1 rings (SSSR count). The van der Waals surface area contributed by atoms with Crippen LogP contribution in [0.2, 0.25) is 0 Å². The molecule has 0 fully saturated rings. The summed E-state index contributed by atoms with van der Waals surface area (Å²) in [5, 5.41) is 6.04. The van der Waals surface area contributed by atoms with Crippen LogP contribution in [0.5, 0.6) is 0 Å². The van der Waals surface area contributed by atoms with Gasteiger partial charge >= 0.3 is 6.09 Å². The number of nitrogens with two attached hydrogens (primary N) is 1. The predicted octanol–water partition coefficient (Wildman–Crippen LogP) is 6.40. The molecule has 0 aromatic heterocycles. The van der Waals surface area contributed by atoms with Crippen molar-refractivity contribution in [1.82, 2.24) is 10.6 Å². The maximum atomic E-state index is 12.8. The highest BCUT2D eigenvalue weighted by Gasteiger charge is 2.31. The van der Waals surface area contributed by atoms with Crippen molar-refractivity contribution in [2.45, 2.75) is 72.4 Å². The van der Waals surface area contributed by atoms with E-state index in [0.29, 0.717) is 17.9 Å². The smallest absolute Gasteiger partial charge is 0.404 e. The van der Waals surface area contributed by atoms with Crippen LogP contribution in [0.3, 0.4) is 0 Å². The van der Waals surface area contributed by atoms with Crippen LogP contribution in [0.1, 0.15) is 65.9 Å². The highest BCUT2D eigenvalue weighted by molar-refractivity contribution is 6.29. The lowest BCUT2D eigenvalue weighted by atomic mass is 9.86. The minimum absolute atomic E-state index is 0.275. The van der Waals surface area contributed by atoms with Crippen molar-refractivity contribution in [2.75, 3.05) is 0 Å². The second kappa shape index (κ2) is 17.1. The lowest BCUT2D eigenvalue weighted by Crippen LogP contribution is -2.52. The summed E-state index contributed by atoms with van der Waals surface area (Å²) in [4.78, 5) is 36.5. The third-order valence-corrected chi connectivity index (χ3v) is 5.81. The molecular weight excluding hydrogens is 514 g/mol. The zero-order chi connectivity index (χ0) is 29.4. The fourth-order valence-electron chi connectivity index (χ4n) is 3.61. The van der Waals surface area contributed by atoms with Crippen molar-refractivity contribution in [3.63, 3.8) is 0 Å². The van der Waals surface area contributed by atoms with Gasteiger partial charge in [0.15, 0.2) is 0 Å². The second-order valence-corrected chi connectivity index (χ2v) is 11.0. The first-order valence-electron chi connectivity index (χ1n) is 12.9. The van der Waals surface area contributed by atoms with Gasteiger partial charge in [-0.2, -0.15) is 0 Å². The van der Waals surface area contributed by atoms with E-state index in [4.69, 9.17) is 22.1 Å². The molecule has 7 nitrogen and oxygen atoms in total. The van der Waals surface area contributed by atoms with Gasteiger partial charge in [-0.05, 0) is 36.9 Å². The quantitative estimate of drug-likeness (QED) is 0.193. The number of benzene rings is 1. The van der Waals surface area contributed by atoms with E-state index in [0.717, 1.165) is 5.57 Å². The second-order valence-electron chi connectivity index (χ2n) is 10.4. The standard InChI is InChI=1S/C31H42ClN3O4/c1-22(21-23(2)25-14-8-7-9-15-25)13-10-11-17-27(36)35-28(31(4,5)6)29(37)34-20-12-16-26(39-30(33)38)19-18-24(3)32/h7-15,17-18,20-21,23,26,28H,16,19H2,1-6H3,(H2,33,38)(H,34,37)(H,35,36)/b13-10-,17-11-,20-12-,22-21+,24-18+/t23-,26+,28+/m0/s1. The van der Waals surface area contributed by atoms with E-state index in [1.807, 2.05) is 52.0 Å². The molecule has 0 aliphatic heterocycles. The fraction of sp³-hybridized carbons (Fsp3) is 0.387. The molecule has 1 aromatic carbocycles. The van der Waals surface area contributed by atoms with Gasteiger partial charge in [0.05, 0.1) is 0 Å². The number of halogens is 1. The van der Waals surface area contributed by atoms with Crippen molar-refractivity contribution in [3.05, 3.63) is 95.2 Å². The summed E-state index contributed by atoms with van der Waals surface area (Å²) in [6.07, 6.45) is 13.1. The molecule has 0 saturated carbocycles. The number of carbonyl (C=O) groups is 3. The van der Waals surface area contributed by atoms with Crippen molar-refractivity contribution >= 4 is 29.5 Å². The van der Waals surface area contributed by atoms with Gasteiger partial charge in [0.1, 0.15) is 12.1 Å². The number of rotatable bonds is 13. The Hall–Kier alpha value is -3.58. The van der Waals surface area contributed by atoms with Crippen LogP contribution in [0.4, 0.5) is 4.79 Å². The van der Waals surface area contributed by atoms with E-state index in [2.05, 4.69) is 35.8 Å². The Kier molecular flexibility index (Phi) is 14.7. The molecule has 0 aliphatic rings. The fourth-order valence-corrected chi connectivity index (χ4v) is 3.70. The summed E-state index contributed by atoms with van der Waals surface area (Å²) in [5.74, 6) is -0.471. The van der Waals surface area contributed by atoms with E-state index in [-0.39, 0.29) is 17.7 Å². The summed E-state index contributed by atoms with van der Waals surface area (Å²) in [6, 6.07) is 9.45. The van der Waals surface area contributed by atoms with Crippen LogP contribution in [0.15, 0.2) is 89.7 Å². The Morgan fingerprint density at radius 2 is 1.69 bits per heavy atom. The summed E-state index contributed by atoms with van der Waals surface area (Å²) in [7, 11) is 0. The van der Waals surface area contributed by atoms with Crippen LogP contribution in [-0.2, 0) is 14.3 Å². The minimum atomic E-state index is -0.885.